The highest BCUT2D eigenvalue weighted by molar-refractivity contribution is 7.13. The Morgan fingerprint density at radius 2 is 1.94 bits per heavy atom. The summed E-state index contributed by atoms with van der Waals surface area (Å²) >= 11 is 1.60. The molecule has 1 N–H and O–H groups in total. The molecular formula is C24H21N7OS. The van der Waals surface area contributed by atoms with Gasteiger partial charge in [0.05, 0.1) is 17.9 Å². The summed E-state index contributed by atoms with van der Waals surface area (Å²) in [4.78, 5) is 33.7. The zero-order valence-corrected chi connectivity index (χ0v) is 18.8. The SMILES string of the molecule is CN1CCC#CC1=O.c1ccc(-c2nc(-c3ccnc(NCc4ccncn4)n3)cs2)cc1. The highest BCUT2D eigenvalue weighted by Crippen LogP contribution is 2.28. The smallest absolute Gasteiger partial charge is 0.298 e. The van der Waals surface area contributed by atoms with Gasteiger partial charge in [0.1, 0.15) is 17.0 Å². The molecule has 164 valence electrons. The van der Waals surface area contributed by atoms with Crippen LogP contribution < -0.4 is 5.32 Å². The molecule has 4 aromatic rings. The molecule has 5 rings (SSSR count). The van der Waals surface area contributed by atoms with Crippen molar-refractivity contribution in [1.82, 2.24) is 29.8 Å². The monoisotopic (exact) mass is 455 g/mol. The van der Waals surface area contributed by atoms with Crippen LogP contribution in [-0.2, 0) is 11.3 Å². The molecule has 0 saturated heterocycles. The van der Waals surface area contributed by atoms with Crippen molar-refractivity contribution < 1.29 is 4.79 Å². The Hall–Kier alpha value is -4.16. The summed E-state index contributed by atoms with van der Waals surface area (Å²) in [5.41, 5.74) is 3.62. The molecule has 4 heterocycles. The molecule has 0 aliphatic carbocycles. The van der Waals surface area contributed by atoms with Gasteiger partial charge in [0.25, 0.3) is 5.91 Å². The van der Waals surface area contributed by atoms with Crippen LogP contribution >= 0.6 is 11.3 Å². The summed E-state index contributed by atoms with van der Waals surface area (Å²) in [6.45, 7) is 1.32. The molecule has 0 spiro atoms. The van der Waals surface area contributed by atoms with Crippen molar-refractivity contribution in [3.05, 3.63) is 72.3 Å². The number of aromatic nitrogens is 5. The van der Waals surface area contributed by atoms with Crippen LogP contribution in [0, 0.1) is 11.8 Å². The molecule has 0 fully saturated rings. The van der Waals surface area contributed by atoms with Crippen LogP contribution in [0.4, 0.5) is 5.95 Å². The fourth-order valence-electron chi connectivity index (χ4n) is 2.84. The van der Waals surface area contributed by atoms with E-state index in [9.17, 15) is 4.79 Å². The first-order valence-electron chi connectivity index (χ1n) is 10.3. The van der Waals surface area contributed by atoms with Gasteiger partial charge in [-0.15, -0.1) is 11.3 Å². The number of hydrogen-bond donors (Lipinski definition) is 1. The minimum Gasteiger partial charge on any atom is -0.349 e. The van der Waals surface area contributed by atoms with Crippen LogP contribution in [0.15, 0.2) is 66.6 Å². The van der Waals surface area contributed by atoms with Gasteiger partial charge in [0.15, 0.2) is 0 Å². The fraction of sp³-hybridized carbons (Fsp3) is 0.167. The third kappa shape index (κ3) is 6.18. The van der Waals surface area contributed by atoms with E-state index in [0.717, 1.165) is 40.6 Å². The zero-order chi connectivity index (χ0) is 22.9. The summed E-state index contributed by atoms with van der Waals surface area (Å²) < 4.78 is 0. The lowest BCUT2D eigenvalue weighted by Crippen LogP contribution is -2.28. The molecule has 33 heavy (non-hydrogen) atoms. The largest absolute Gasteiger partial charge is 0.349 e. The maximum absolute atomic E-state index is 10.5. The Morgan fingerprint density at radius 1 is 1.06 bits per heavy atom. The second-order valence-electron chi connectivity index (χ2n) is 7.00. The number of benzene rings is 1. The number of rotatable bonds is 5. The van der Waals surface area contributed by atoms with E-state index in [-0.39, 0.29) is 5.91 Å². The highest BCUT2D eigenvalue weighted by atomic mass is 32.1. The van der Waals surface area contributed by atoms with Gasteiger partial charge < -0.3 is 10.2 Å². The van der Waals surface area contributed by atoms with Crippen LogP contribution in [-0.4, -0.2) is 49.3 Å². The highest BCUT2D eigenvalue weighted by Gasteiger charge is 2.09. The molecule has 0 bridgehead atoms. The van der Waals surface area contributed by atoms with Crippen LogP contribution in [0.1, 0.15) is 12.1 Å². The second-order valence-corrected chi connectivity index (χ2v) is 7.86. The predicted octanol–water partition coefficient (Wildman–Crippen LogP) is 3.52. The molecule has 1 aliphatic heterocycles. The van der Waals surface area contributed by atoms with Crippen LogP contribution in [0.25, 0.3) is 22.0 Å². The standard InChI is InChI=1S/C18H14N6S.C6H7NO/c1-2-4-13(5-3-1)17-23-16(11-25-17)15-7-9-20-18(24-15)21-10-14-6-8-19-12-22-14;1-7-5-3-2-4-6(7)8/h1-9,11-12H,10H2,(H,20,21,24);3,5H2,1H3. The Bertz CT molecular complexity index is 1270. The number of anilines is 1. The second kappa shape index (κ2) is 10.9. The van der Waals surface area contributed by atoms with E-state index in [2.05, 4.69) is 54.2 Å². The lowest BCUT2D eigenvalue weighted by molar-refractivity contribution is -0.124. The van der Waals surface area contributed by atoms with E-state index in [1.54, 1.807) is 35.7 Å². The van der Waals surface area contributed by atoms with Gasteiger partial charge in [-0.25, -0.2) is 24.9 Å². The molecule has 0 radical (unpaired) electrons. The minimum absolute atomic E-state index is 0.0590. The first-order chi connectivity index (χ1) is 16.2. The average molecular weight is 456 g/mol. The Kier molecular flexibility index (Phi) is 7.30. The van der Waals surface area contributed by atoms with Crippen molar-refractivity contribution in [1.29, 1.82) is 0 Å². The van der Waals surface area contributed by atoms with Crippen molar-refractivity contribution >= 4 is 23.2 Å². The normalized spacial score (nSPS) is 12.3. The maximum Gasteiger partial charge on any atom is 0.298 e. The van der Waals surface area contributed by atoms with Crippen molar-refractivity contribution in [3.8, 4) is 33.8 Å². The van der Waals surface area contributed by atoms with Gasteiger partial charge in [-0.05, 0) is 18.1 Å². The van der Waals surface area contributed by atoms with Gasteiger partial charge >= 0.3 is 0 Å². The first-order valence-corrected chi connectivity index (χ1v) is 11.1. The lowest BCUT2D eigenvalue weighted by Gasteiger charge is -2.13. The summed E-state index contributed by atoms with van der Waals surface area (Å²) in [6, 6.07) is 13.8. The van der Waals surface area contributed by atoms with E-state index >= 15 is 0 Å². The molecule has 0 atom stereocenters. The Morgan fingerprint density at radius 3 is 2.67 bits per heavy atom. The number of nitrogens with zero attached hydrogens (tertiary/aromatic N) is 6. The van der Waals surface area contributed by atoms with E-state index in [1.165, 1.54) is 6.33 Å². The molecule has 3 aromatic heterocycles. The van der Waals surface area contributed by atoms with Crippen LogP contribution in [0.5, 0.6) is 0 Å². The maximum atomic E-state index is 10.5. The molecule has 9 heteroatoms. The average Bonchev–Trinajstić information content (AvgIpc) is 3.37. The number of thiazole rings is 1. The molecule has 0 unspecified atom stereocenters. The van der Waals surface area contributed by atoms with Gasteiger partial charge in [0, 0.05) is 43.4 Å². The molecule has 0 saturated carbocycles. The van der Waals surface area contributed by atoms with Crippen molar-refractivity contribution in [2.24, 2.45) is 0 Å². The van der Waals surface area contributed by atoms with Crippen molar-refractivity contribution in [2.75, 3.05) is 18.9 Å². The summed E-state index contributed by atoms with van der Waals surface area (Å²) in [5, 5.41) is 6.16. The van der Waals surface area contributed by atoms with Crippen molar-refractivity contribution in [3.63, 3.8) is 0 Å². The third-order valence-corrected chi connectivity index (χ3v) is 5.52. The lowest BCUT2D eigenvalue weighted by atomic mass is 10.2. The third-order valence-electron chi connectivity index (χ3n) is 4.63. The van der Waals surface area contributed by atoms with E-state index < -0.39 is 0 Å². The summed E-state index contributed by atoms with van der Waals surface area (Å²) in [5.74, 6) is 5.68. The fourth-order valence-corrected chi connectivity index (χ4v) is 3.66. The number of carbonyl (C=O) groups excluding carboxylic acids is 1. The topological polar surface area (TPSA) is 96.8 Å². The van der Waals surface area contributed by atoms with E-state index in [0.29, 0.717) is 12.5 Å². The van der Waals surface area contributed by atoms with Crippen LogP contribution in [0.2, 0.25) is 0 Å². The first kappa shape index (κ1) is 22.0. The molecule has 8 nitrogen and oxygen atoms in total. The van der Waals surface area contributed by atoms with E-state index in [1.807, 2.05) is 35.7 Å². The number of carbonyl (C=O) groups is 1. The van der Waals surface area contributed by atoms with Gasteiger partial charge in [-0.3, -0.25) is 4.79 Å². The predicted molar refractivity (Wildman–Crippen MR) is 128 cm³/mol. The number of amides is 1. The molecular weight excluding hydrogens is 434 g/mol. The quantitative estimate of drug-likeness (QED) is 0.460. The van der Waals surface area contributed by atoms with Crippen molar-refractivity contribution in [2.45, 2.75) is 13.0 Å². The Labute approximate surface area is 195 Å². The summed E-state index contributed by atoms with van der Waals surface area (Å²) in [6.07, 6.45) is 5.78. The molecule has 1 aliphatic rings. The van der Waals surface area contributed by atoms with Gasteiger partial charge in [0.2, 0.25) is 5.95 Å². The molecule has 1 aromatic carbocycles. The van der Waals surface area contributed by atoms with Gasteiger partial charge in [-0.2, -0.15) is 0 Å². The van der Waals surface area contributed by atoms with E-state index in [4.69, 9.17) is 0 Å². The zero-order valence-electron chi connectivity index (χ0n) is 18.0. The number of hydrogen-bond acceptors (Lipinski definition) is 8. The Balaban J connectivity index is 0.000000275. The summed E-state index contributed by atoms with van der Waals surface area (Å²) in [7, 11) is 1.76. The number of nitrogens with one attached hydrogen (secondary N) is 1. The van der Waals surface area contributed by atoms with Crippen LogP contribution in [0.3, 0.4) is 0 Å². The minimum atomic E-state index is -0.0590. The van der Waals surface area contributed by atoms with Gasteiger partial charge in [-0.1, -0.05) is 36.3 Å². The molecule has 1 amide bonds.